The number of hydrogen-bond donors (Lipinski definition) is 0. The lowest BCUT2D eigenvalue weighted by molar-refractivity contribution is -0.137. The Hall–Kier alpha value is -3.36. The fourth-order valence-electron chi connectivity index (χ4n) is 3.29. The summed E-state index contributed by atoms with van der Waals surface area (Å²) in [5, 5.41) is 0.639. The van der Waals surface area contributed by atoms with Crippen LogP contribution in [0.2, 0.25) is 10.0 Å². The number of hydrogen-bond acceptors (Lipinski definition) is 4. The molecule has 0 radical (unpaired) electrons. The van der Waals surface area contributed by atoms with E-state index < -0.39 is 29.5 Å². The van der Waals surface area contributed by atoms with Crippen LogP contribution >= 0.6 is 23.2 Å². The van der Waals surface area contributed by atoms with Crippen LogP contribution < -0.4 is 4.90 Å². The Labute approximate surface area is 195 Å². The number of nitrogens with zero attached hydrogens (tertiary/aromatic N) is 1. The van der Waals surface area contributed by atoms with Gasteiger partial charge in [-0.3, -0.25) is 9.59 Å². The van der Waals surface area contributed by atoms with Crippen molar-refractivity contribution in [3.05, 3.63) is 98.5 Å². The molecule has 168 valence electrons. The lowest BCUT2D eigenvalue weighted by atomic mass is 10.1. The molecule has 0 saturated heterocycles. The number of benzene rings is 3. The summed E-state index contributed by atoms with van der Waals surface area (Å²) < 4.78 is 44.3. The first-order valence-corrected chi connectivity index (χ1v) is 10.1. The maximum atomic E-state index is 13.0. The second kappa shape index (κ2) is 8.53. The van der Waals surface area contributed by atoms with Crippen molar-refractivity contribution in [2.45, 2.75) is 12.8 Å². The molecule has 0 aromatic heterocycles. The Morgan fingerprint density at radius 3 is 2.30 bits per heavy atom. The molecule has 0 bridgehead atoms. The van der Waals surface area contributed by atoms with Gasteiger partial charge >= 0.3 is 12.1 Å². The lowest BCUT2D eigenvalue weighted by Crippen LogP contribution is -2.29. The van der Waals surface area contributed by atoms with Crippen LogP contribution in [0.4, 0.5) is 18.9 Å². The first-order valence-electron chi connectivity index (χ1n) is 9.37. The fraction of sp³-hybridized carbons (Fsp3) is 0.0870. The van der Waals surface area contributed by atoms with Crippen molar-refractivity contribution in [3.8, 4) is 0 Å². The maximum Gasteiger partial charge on any atom is 0.416 e. The molecule has 1 aliphatic rings. The predicted molar refractivity (Wildman–Crippen MR) is 115 cm³/mol. The highest BCUT2D eigenvalue weighted by Gasteiger charge is 2.38. The largest absolute Gasteiger partial charge is 0.457 e. The highest BCUT2D eigenvalue weighted by atomic mass is 35.5. The van der Waals surface area contributed by atoms with E-state index in [-0.39, 0.29) is 29.0 Å². The Kier molecular flexibility index (Phi) is 5.90. The SMILES string of the molecule is O=C(OCc1ccc(Cl)c(Cl)c1)c1ccc2c(c1)C(=O)N(c1cccc(C(F)(F)F)c1)C2=O. The van der Waals surface area contributed by atoms with Crippen molar-refractivity contribution >= 4 is 46.7 Å². The van der Waals surface area contributed by atoms with Crippen LogP contribution in [0.3, 0.4) is 0 Å². The Balaban J connectivity index is 1.56. The van der Waals surface area contributed by atoms with Crippen LogP contribution in [0.5, 0.6) is 0 Å². The summed E-state index contributed by atoms with van der Waals surface area (Å²) in [6.07, 6.45) is -4.64. The highest BCUT2D eigenvalue weighted by molar-refractivity contribution is 6.42. The van der Waals surface area contributed by atoms with Crippen LogP contribution in [0.1, 0.15) is 42.2 Å². The van der Waals surface area contributed by atoms with Gasteiger partial charge in [0.05, 0.1) is 38.0 Å². The first-order chi connectivity index (χ1) is 15.6. The van der Waals surface area contributed by atoms with E-state index in [0.29, 0.717) is 26.6 Å². The van der Waals surface area contributed by atoms with E-state index in [1.165, 1.54) is 30.3 Å². The summed E-state index contributed by atoms with van der Waals surface area (Å²) in [6.45, 7) is -0.115. The second-order valence-corrected chi connectivity index (χ2v) is 7.89. The first kappa shape index (κ1) is 22.8. The Morgan fingerprint density at radius 2 is 1.61 bits per heavy atom. The number of fused-ring (bicyclic) bond motifs is 1. The molecule has 0 spiro atoms. The zero-order valence-corrected chi connectivity index (χ0v) is 18.0. The molecule has 0 fully saturated rings. The number of amides is 2. The van der Waals surface area contributed by atoms with Crippen molar-refractivity contribution in [2.24, 2.45) is 0 Å². The van der Waals surface area contributed by atoms with Gasteiger partial charge in [0.25, 0.3) is 11.8 Å². The van der Waals surface area contributed by atoms with E-state index in [9.17, 15) is 27.6 Å². The summed E-state index contributed by atoms with van der Waals surface area (Å²) in [5.41, 5.74) is -0.774. The topological polar surface area (TPSA) is 63.7 Å². The molecule has 0 N–H and O–H groups in total. The third-order valence-corrected chi connectivity index (χ3v) is 5.65. The molecule has 0 unspecified atom stereocenters. The predicted octanol–water partition coefficient (Wildman–Crippen LogP) is 6.17. The van der Waals surface area contributed by atoms with Gasteiger partial charge in [0.15, 0.2) is 0 Å². The number of esters is 1. The lowest BCUT2D eigenvalue weighted by Gasteiger charge is -2.16. The molecule has 4 rings (SSSR count). The van der Waals surface area contributed by atoms with Crippen molar-refractivity contribution in [3.63, 3.8) is 0 Å². The standard InChI is InChI=1S/C23H12Cl2F3NO4/c24-18-7-4-12(8-19(18)25)11-33-22(32)13-5-6-16-17(9-13)21(31)29(20(16)30)15-3-1-2-14(10-15)23(26,27)28/h1-10H,11H2. The van der Waals surface area contributed by atoms with E-state index in [2.05, 4.69) is 0 Å². The van der Waals surface area contributed by atoms with Crippen LogP contribution in [-0.2, 0) is 17.5 Å². The highest BCUT2D eigenvalue weighted by Crippen LogP contribution is 2.34. The van der Waals surface area contributed by atoms with Gasteiger partial charge in [-0.2, -0.15) is 13.2 Å². The van der Waals surface area contributed by atoms with Crippen molar-refractivity contribution in [1.29, 1.82) is 0 Å². The second-order valence-electron chi connectivity index (χ2n) is 7.08. The smallest absolute Gasteiger partial charge is 0.416 e. The Morgan fingerprint density at radius 1 is 0.879 bits per heavy atom. The maximum absolute atomic E-state index is 13.0. The molecule has 10 heteroatoms. The number of carbonyl (C=O) groups excluding carboxylic acids is 3. The minimum Gasteiger partial charge on any atom is -0.457 e. The molecule has 0 aliphatic carbocycles. The third-order valence-electron chi connectivity index (χ3n) is 4.91. The quantitative estimate of drug-likeness (QED) is 0.322. The average Bonchev–Trinajstić information content (AvgIpc) is 3.03. The van der Waals surface area contributed by atoms with E-state index in [1.807, 2.05) is 0 Å². The van der Waals surface area contributed by atoms with Crippen molar-refractivity contribution in [1.82, 2.24) is 0 Å². The van der Waals surface area contributed by atoms with Crippen LogP contribution in [0, 0.1) is 0 Å². The van der Waals surface area contributed by atoms with Crippen LogP contribution in [0.25, 0.3) is 0 Å². The van der Waals surface area contributed by atoms with E-state index in [0.717, 1.165) is 12.1 Å². The number of ether oxygens (including phenoxy) is 1. The van der Waals surface area contributed by atoms with Crippen molar-refractivity contribution < 1.29 is 32.3 Å². The molecule has 2 amide bonds. The number of anilines is 1. The molecule has 3 aromatic carbocycles. The normalized spacial score (nSPS) is 13.3. The third kappa shape index (κ3) is 4.44. The minimum atomic E-state index is -4.64. The van der Waals surface area contributed by atoms with Crippen LogP contribution in [-0.4, -0.2) is 17.8 Å². The zero-order valence-electron chi connectivity index (χ0n) is 16.5. The number of rotatable bonds is 4. The van der Waals surface area contributed by atoms with E-state index in [4.69, 9.17) is 27.9 Å². The average molecular weight is 494 g/mol. The van der Waals surface area contributed by atoms with E-state index in [1.54, 1.807) is 12.1 Å². The molecular weight excluding hydrogens is 482 g/mol. The van der Waals surface area contributed by atoms with Gasteiger partial charge in [-0.15, -0.1) is 0 Å². The number of alkyl halides is 3. The number of imide groups is 1. The summed E-state index contributed by atoms with van der Waals surface area (Å²) in [7, 11) is 0. The number of carbonyl (C=O) groups is 3. The summed E-state index contributed by atoms with van der Waals surface area (Å²) in [4.78, 5) is 38.6. The van der Waals surface area contributed by atoms with Gasteiger partial charge in [0, 0.05) is 0 Å². The van der Waals surface area contributed by atoms with Gasteiger partial charge in [0.2, 0.25) is 0 Å². The van der Waals surface area contributed by atoms with Gasteiger partial charge in [-0.1, -0.05) is 35.3 Å². The fourth-order valence-corrected chi connectivity index (χ4v) is 3.61. The summed E-state index contributed by atoms with van der Waals surface area (Å²) in [6, 6.07) is 12.3. The molecule has 5 nitrogen and oxygen atoms in total. The van der Waals surface area contributed by atoms with Crippen molar-refractivity contribution in [2.75, 3.05) is 4.90 Å². The van der Waals surface area contributed by atoms with Crippen LogP contribution in [0.15, 0.2) is 60.7 Å². The molecule has 1 heterocycles. The Bertz CT molecular complexity index is 1310. The monoisotopic (exact) mass is 493 g/mol. The number of halogens is 5. The molecule has 1 aliphatic heterocycles. The molecule has 33 heavy (non-hydrogen) atoms. The van der Waals surface area contributed by atoms with E-state index >= 15 is 0 Å². The van der Waals surface area contributed by atoms with Gasteiger partial charge in [-0.05, 0) is 54.1 Å². The minimum absolute atomic E-state index is 0.000790. The summed E-state index contributed by atoms with van der Waals surface area (Å²) in [5.74, 6) is -2.39. The zero-order chi connectivity index (χ0) is 23.9. The molecular formula is C23H12Cl2F3NO4. The van der Waals surface area contributed by atoms with Gasteiger partial charge in [-0.25, -0.2) is 9.69 Å². The molecule has 3 aromatic rings. The van der Waals surface area contributed by atoms with Gasteiger partial charge in [0.1, 0.15) is 6.61 Å². The summed E-state index contributed by atoms with van der Waals surface area (Å²) >= 11 is 11.8. The molecule has 0 saturated carbocycles. The molecule has 0 atom stereocenters. The van der Waals surface area contributed by atoms with Gasteiger partial charge < -0.3 is 4.74 Å².